The number of hydrogen-bond acceptors (Lipinski definition) is 5. The number of nitrogens with zero attached hydrogens (tertiary/aromatic N) is 3. The smallest absolute Gasteiger partial charge is 0.410 e. The van der Waals surface area contributed by atoms with Crippen LogP contribution >= 0.6 is 46.4 Å². The molecule has 2 spiro atoms. The van der Waals surface area contributed by atoms with Crippen molar-refractivity contribution in [3.63, 3.8) is 0 Å². The Hall–Kier alpha value is -3.15. The Balaban J connectivity index is 0.000000170. The van der Waals surface area contributed by atoms with Gasteiger partial charge in [-0.15, -0.1) is 0 Å². The summed E-state index contributed by atoms with van der Waals surface area (Å²) in [6.07, 6.45) is 7.40. The van der Waals surface area contributed by atoms with Crippen LogP contribution < -0.4 is 5.32 Å². The molecule has 4 aliphatic heterocycles. The van der Waals surface area contributed by atoms with E-state index in [-0.39, 0.29) is 29.0 Å². The molecule has 3 amide bonds. The number of hydrogen-bond donors (Lipinski definition) is 3. The highest BCUT2D eigenvalue weighted by molar-refractivity contribution is 6.39. The van der Waals surface area contributed by atoms with Crippen LogP contribution in [0.1, 0.15) is 93.1 Å². The Morgan fingerprint density at radius 2 is 1.09 bits per heavy atom. The van der Waals surface area contributed by atoms with Crippen molar-refractivity contribution in [2.45, 2.75) is 88.8 Å². The zero-order chi connectivity index (χ0) is 37.7. The molecule has 53 heavy (non-hydrogen) atoms. The molecule has 10 nitrogen and oxygen atoms in total. The Bertz CT molecular complexity index is 2040. The van der Waals surface area contributed by atoms with E-state index in [0.717, 1.165) is 99.4 Å². The maximum atomic E-state index is 13.4. The van der Waals surface area contributed by atoms with Crippen molar-refractivity contribution in [1.29, 1.82) is 0 Å². The molecule has 14 heteroatoms. The quantitative estimate of drug-likeness (QED) is 0.187. The van der Waals surface area contributed by atoms with E-state index in [1.807, 2.05) is 37.8 Å². The summed E-state index contributed by atoms with van der Waals surface area (Å²) in [6.45, 7) is 10.3. The highest BCUT2D eigenvalue weighted by atomic mass is 35.5. The highest BCUT2D eigenvalue weighted by Gasteiger charge is 2.47. The molecule has 2 aromatic carbocycles. The summed E-state index contributed by atoms with van der Waals surface area (Å²) in [7, 11) is 0. The molecular weight excluding hydrogens is 758 g/mol. The third kappa shape index (κ3) is 7.72. The van der Waals surface area contributed by atoms with Crippen molar-refractivity contribution in [3.05, 3.63) is 67.9 Å². The molecule has 0 unspecified atom stereocenters. The first kappa shape index (κ1) is 38.1. The Kier molecular flexibility index (Phi) is 10.7. The lowest BCUT2D eigenvalue weighted by Gasteiger charge is -2.44. The van der Waals surface area contributed by atoms with E-state index in [1.165, 1.54) is 0 Å². The molecule has 0 radical (unpaired) electrons. The minimum Gasteiger partial charge on any atom is -0.444 e. The zero-order valence-corrected chi connectivity index (χ0v) is 33.4. The van der Waals surface area contributed by atoms with Crippen LogP contribution in [-0.2, 0) is 4.74 Å². The van der Waals surface area contributed by atoms with Gasteiger partial charge >= 0.3 is 6.09 Å². The minimum absolute atomic E-state index is 0.0263. The fourth-order valence-electron chi connectivity index (χ4n) is 8.72. The number of nitrogens with one attached hydrogen (secondary N) is 3. The van der Waals surface area contributed by atoms with Crippen LogP contribution in [-0.4, -0.2) is 98.5 Å². The Morgan fingerprint density at radius 3 is 1.55 bits per heavy atom. The summed E-state index contributed by atoms with van der Waals surface area (Å²) in [4.78, 5) is 51.1. The van der Waals surface area contributed by atoms with Crippen molar-refractivity contribution >= 4 is 86.1 Å². The number of carbonyl (C=O) groups is 3. The van der Waals surface area contributed by atoms with Crippen molar-refractivity contribution in [2.24, 2.45) is 0 Å². The molecule has 0 atom stereocenters. The number of halogens is 4. The highest BCUT2D eigenvalue weighted by Crippen LogP contribution is 2.41. The topological polar surface area (TPSA) is 114 Å². The summed E-state index contributed by atoms with van der Waals surface area (Å²) >= 11 is 24.7. The van der Waals surface area contributed by atoms with Gasteiger partial charge in [0.1, 0.15) is 17.0 Å². The first-order chi connectivity index (χ1) is 25.2. The van der Waals surface area contributed by atoms with Crippen LogP contribution in [0.5, 0.6) is 0 Å². The van der Waals surface area contributed by atoms with E-state index in [9.17, 15) is 14.4 Å². The molecule has 4 aromatic rings. The van der Waals surface area contributed by atoms with Gasteiger partial charge in [0.15, 0.2) is 0 Å². The third-order valence-electron chi connectivity index (χ3n) is 11.3. The summed E-state index contributed by atoms with van der Waals surface area (Å²) in [5.41, 5.74) is 1.98. The second kappa shape index (κ2) is 14.8. The van der Waals surface area contributed by atoms with Gasteiger partial charge in [-0.3, -0.25) is 9.59 Å². The van der Waals surface area contributed by atoms with Gasteiger partial charge in [-0.2, -0.15) is 0 Å². The maximum Gasteiger partial charge on any atom is 0.410 e. The molecule has 3 N–H and O–H groups in total. The molecule has 0 aliphatic carbocycles. The fraction of sp³-hybridized carbons (Fsp3) is 0.513. The number of H-pyrrole nitrogens is 2. The van der Waals surface area contributed by atoms with Crippen LogP contribution in [0.25, 0.3) is 21.8 Å². The number of fused-ring (bicyclic) bond motifs is 2. The van der Waals surface area contributed by atoms with E-state index >= 15 is 0 Å². The molecule has 284 valence electrons. The van der Waals surface area contributed by atoms with Crippen molar-refractivity contribution in [1.82, 2.24) is 30.0 Å². The van der Waals surface area contributed by atoms with E-state index < -0.39 is 5.60 Å². The average Bonchev–Trinajstić information content (AvgIpc) is 3.90. The normalized spacial score (nSPS) is 19.6. The van der Waals surface area contributed by atoms with E-state index in [4.69, 9.17) is 51.1 Å². The number of carbonyl (C=O) groups excluding carboxylic acids is 3. The summed E-state index contributed by atoms with van der Waals surface area (Å²) < 4.78 is 5.50. The van der Waals surface area contributed by atoms with Crippen LogP contribution in [0.15, 0.2) is 36.4 Å². The molecule has 0 bridgehead atoms. The summed E-state index contributed by atoms with van der Waals surface area (Å²) in [6, 6.07) is 10.6. The van der Waals surface area contributed by atoms with Gasteiger partial charge in [0.25, 0.3) is 11.8 Å². The summed E-state index contributed by atoms with van der Waals surface area (Å²) in [5.74, 6) is 0.0504. The maximum absolute atomic E-state index is 13.4. The lowest BCUT2D eigenvalue weighted by atomic mass is 9.85. The van der Waals surface area contributed by atoms with Gasteiger partial charge in [-0.25, -0.2) is 4.79 Å². The van der Waals surface area contributed by atoms with Crippen LogP contribution in [0.4, 0.5) is 4.79 Å². The second-order valence-electron chi connectivity index (χ2n) is 15.9. The van der Waals surface area contributed by atoms with Crippen LogP contribution in [0.3, 0.4) is 0 Å². The number of ether oxygens (including phenoxy) is 1. The molecule has 6 heterocycles. The molecule has 4 aliphatic rings. The lowest BCUT2D eigenvalue weighted by Crippen LogP contribution is -2.55. The van der Waals surface area contributed by atoms with E-state index in [0.29, 0.717) is 44.6 Å². The van der Waals surface area contributed by atoms with Gasteiger partial charge in [0.05, 0.1) is 10.0 Å². The van der Waals surface area contributed by atoms with Crippen molar-refractivity contribution in [3.8, 4) is 0 Å². The monoisotopic (exact) mass is 802 g/mol. The standard InChI is InChI=1S/C22H27Cl2N3O3.C17H19Cl2N3O/c1-21(2,3)30-20(29)26-9-6-22(7-10-26)5-4-8-27(22)19(28)18-13-15-16(24)11-14(23)12-17(15)25-18;18-11-8-13(19)12-10-15(21-14(12)9-11)16(23)22-7-1-2-17(22)3-5-20-6-4-17/h11-13,25H,4-10H2,1-3H3;8-10,20-21H,1-7H2. The first-order valence-corrected chi connectivity index (χ1v) is 20.0. The Labute approximate surface area is 329 Å². The number of piperidine rings is 2. The number of aromatic nitrogens is 2. The van der Waals surface area contributed by atoms with Crippen LogP contribution in [0.2, 0.25) is 20.1 Å². The third-order valence-corrected chi connectivity index (χ3v) is 12.4. The molecule has 4 fully saturated rings. The SMILES string of the molecule is CC(C)(C)OC(=O)N1CCC2(CCCN2C(=O)c2cc3c(Cl)cc(Cl)cc3[nH]2)CC1.O=C(c1cc2c(Cl)cc(Cl)cc2[nH]1)N1CCCC12CCNCC2. The fourth-order valence-corrected chi connectivity index (χ4v) is 9.81. The van der Waals surface area contributed by atoms with Gasteiger partial charge in [0.2, 0.25) is 0 Å². The molecule has 4 saturated heterocycles. The Morgan fingerprint density at radius 1 is 0.642 bits per heavy atom. The molecule has 0 saturated carbocycles. The number of rotatable bonds is 2. The predicted octanol–water partition coefficient (Wildman–Crippen LogP) is 9.31. The van der Waals surface area contributed by atoms with Gasteiger partial charge < -0.3 is 34.7 Å². The van der Waals surface area contributed by atoms with Crippen molar-refractivity contribution in [2.75, 3.05) is 39.3 Å². The van der Waals surface area contributed by atoms with Gasteiger partial charge in [0, 0.05) is 69.1 Å². The number of aromatic amines is 2. The van der Waals surface area contributed by atoms with Gasteiger partial charge in [-0.1, -0.05) is 46.4 Å². The largest absolute Gasteiger partial charge is 0.444 e. The number of likely N-dealkylation sites (tertiary alicyclic amines) is 3. The number of amides is 3. The molecule has 8 rings (SSSR count). The van der Waals surface area contributed by atoms with Crippen LogP contribution in [0, 0.1) is 0 Å². The number of benzene rings is 2. The average molecular weight is 805 g/mol. The van der Waals surface area contributed by atoms with Gasteiger partial charge in [-0.05, 0) is 122 Å². The second-order valence-corrected chi connectivity index (χ2v) is 17.5. The molecular formula is C39H46Cl4N6O4. The zero-order valence-electron chi connectivity index (χ0n) is 30.4. The predicted molar refractivity (Wildman–Crippen MR) is 212 cm³/mol. The van der Waals surface area contributed by atoms with Crippen molar-refractivity contribution < 1.29 is 19.1 Å². The molecule has 2 aromatic heterocycles. The summed E-state index contributed by atoms with van der Waals surface area (Å²) in [5, 5.41) is 7.22. The minimum atomic E-state index is -0.513. The van der Waals surface area contributed by atoms with E-state index in [1.54, 1.807) is 29.2 Å². The first-order valence-electron chi connectivity index (χ1n) is 18.5. The lowest BCUT2D eigenvalue weighted by molar-refractivity contribution is 0.00451. The van der Waals surface area contributed by atoms with E-state index in [2.05, 4.69) is 20.2 Å².